The first-order chi connectivity index (χ1) is 10.9. The highest BCUT2D eigenvalue weighted by Crippen LogP contribution is 2.31. The molecule has 3 rings (SSSR count). The van der Waals surface area contributed by atoms with Crippen LogP contribution in [0.5, 0.6) is 0 Å². The average Bonchev–Trinajstić information content (AvgIpc) is 3.17. The number of carbonyl (C=O) groups is 1. The molecule has 9 heteroatoms. The molecule has 1 aliphatic rings. The number of benzene rings is 1. The van der Waals surface area contributed by atoms with E-state index in [0.29, 0.717) is 13.0 Å². The minimum absolute atomic E-state index is 0.0165. The van der Waals surface area contributed by atoms with Crippen LogP contribution >= 0.6 is 0 Å². The second-order valence-electron chi connectivity index (χ2n) is 5.43. The Morgan fingerprint density at radius 2 is 2.26 bits per heavy atom. The van der Waals surface area contributed by atoms with Gasteiger partial charge in [-0.15, -0.1) is 0 Å². The Morgan fingerprint density at radius 1 is 1.52 bits per heavy atom. The molecular weight excluding hydrogens is 310 g/mol. The van der Waals surface area contributed by atoms with E-state index in [-0.39, 0.29) is 41.0 Å². The molecule has 1 aliphatic heterocycles. The van der Waals surface area contributed by atoms with Crippen LogP contribution in [0.15, 0.2) is 10.6 Å². The number of halogens is 2. The molecule has 1 atom stereocenters. The smallest absolute Gasteiger partial charge is 0.407 e. The molecule has 23 heavy (non-hydrogen) atoms. The molecule has 3 N–H and O–H groups in total. The number of hydrogen-bond donors (Lipinski definition) is 2. The highest BCUT2D eigenvalue weighted by atomic mass is 19.1. The van der Waals surface area contributed by atoms with E-state index in [0.717, 1.165) is 6.07 Å². The van der Waals surface area contributed by atoms with Gasteiger partial charge in [0.15, 0.2) is 5.82 Å². The number of likely N-dealkylation sites (tertiary alicyclic amines) is 1. The quantitative estimate of drug-likeness (QED) is 0.822. The molecule has 7 nitrogen and oxygen atoms in total. The lowest BCUT2D eigenvalue weighted by molar-refractivity contribution is 0.154. The van der Waals surface area contributed by atoms with Gasteiger partial charge in [0, 0.05) is 18.7 Å². The molecule has 1 aromatic carbocycles. The largest absolute Gasteiger partial charge is 0.465 e. The molecule has 1 aromatic heterocycles. The summed E-state index contributed by atoms with van der Waals surface area (Å²) in [4.78, 5) is 16.2. The number of nitrogen functional groups attached to an aromatic ring is 1. The number of aromatic nitrogens is 2. The summed E-state index contributed by atoms with van der Waals surface area (Å²) >= 11 is 0. The number of amides is 1. The second kappa shape index (κ2) is 5.49. The van der Waals surface area contributed by atoms with Crippen molar-refractivity contribution in [1.29, 1.82) is 0 Å². The summed E-state index contributed by atoms with van der Waals surface area (Å²) in [6, 6.07) is 0.966. The van der Waals surface area contributed by atoms with Gasteiger partial charge in [0.2, 0.25) is 11.7 Å². The van der Waals surface area contributed by atoms with E-state index in [9.17, 15) is 13.6 Å². The van der Waals surface area contributed by atoms with Crippen LogP contribution in [0.2, 0.25) is 0 Å². The Balaban J connectivity index is 1.90. The van der Waals surface area contributed by atoms with Crippen molar-refractivity contribution in [3.8, 4) is 11.4 Å². The van der Waals surface area contributed by atoms with E-state index < -0.39 is 17.7 Å². The number of rotatable bonds is 2. The average molecular weight is 324 g/mol. The topological polar surface area (TPSA) is 105 Å². The third-order valence-corrected chi connectivity index (χ3v) is 4.00. The molecule has 122 valence electrons. The summed E-state index contributed by atoms with van der Waals surface area (Å²) in [5.41, 5.74) is 5.06. The van der Waals surface area contributed by atoms with E-state index in [1.165, 1.54) is 11.8 Å². The third kappa shape index (κ3) is 2.58. The van der Waals surface area contributed by atoms with Gasteiger partial charge in [-0.1, -0.05) is 5.16 Å². The first-order valence-corrected chi connectivity index (χ1v) is 6.94. The zero-order valence-electron chi connectivity index (χ0n) is 12.2. The lowest BCUT2D eigenvalue weighted by atomic mass is 10.1. The Morgan fingerprint density at radius 3 is 2.91 bits per heavy atom. The fourth-order valence-electron chi connectivity index (χ4n) is 2.55. The molecule has 1 fully saturated rings. The van der Waals surface area contributed by atoms with Gasteiger partial charge in [-0.05, 0) is 19.4 Å². The van der Waals surface area contributed by atoms with Crippen molar-refractivity contribution in [1.82, 2.24) is 15.0 Å². The standard InChI is InChI=1S/C14H14F2N4O3/c1-6-9(15)4-8(10(16)11(6)17)12-18-13(23-19-12)7-2-3-20(5-7)14(21)22/h4,7H,2-3,5,17H2,1H3,(H,21,22)/t7-/m0/s1. The highest BCUT2D eigenvalue weighted by Gasteiger charge is 2.31. The maximum Gasteiger partial charge on any atom is 0.407 e. The zero-order valence-corrected chi connectivity index (χ0v) is 12.2. The van der Waals surface area contributed by atoms with Crippen molar-refractivity contribution in [2.75, 3.05) is 18.8 Å². The van der Waals surface area contributed by atoms with Crippen LogP contribution in [0, 0.1) is 18.6 Å². The number of hydrogen-bond acceptors (Lipinski definition) is 5. The van der Waals surface area contributed by atoms with Crippen molar-refractivity contribution < 1.29 is 23.2 Å². The molecule has 2 heterocycles. The van der Waals surface area contributed by atoms with Crippen LogP contribution in [-0.4, -0.2) is 39.3 Å². The number of nitrogens with zero attached hydrogens (tertiary/aromatic N) is 3. The first kappa shape index (κ1) is 15.2. The van der Waals surface area contributed by atoms with Gasteiger partial charge >= 0.3 is 6.09 Å². The van der Waals surface area contributed by atoms with E-state index in [4.69, 9.17) is 15.4 Å². The SMILES string of the molecule is Cc1c(F)cc(-c2noc([C@H]3CCN(C(=O)O)C3)n2)c(F)c1N. The summed E-state index contributed by atoms with van der Waals surface area (Å²) in [5.74, 6) is -1.65. The minimum Gasteiger partial charge on any atom is -0.465 e. The molecule has 0 radical (unpaired) electrons. The monoisotopic (exact) mass is 324 g/mol. The maximum absolute atomic E-state index is 14.2. The van der Waals surface area contributed by atoms with Gasteiger partial charge < -0.3 is 20.3 Å². The normalized spacial score (nSPS) is 17.7. The van der Waals surface area contributed by atoms with Crippen LogP contribution in [-0.2, 0) is 0 Å². The third-order valence-electron chi connectivity index (χ3n) is 4.00. The first-order valence-electron chi connectivity index (χ1n) is 6.94. The van der Waals surface area contributed by atoms with E-state index in [2.05, 4.69) is 10.1 Å². The molecule has 0 aliphatic carbocycles. The minimum atomic E-state index is -1.02. The van der Waals surface area contributed by atoms with E-state index in [1.807, 2.05) is 0 Å². The van der Waals surface area contributed by atoms with Crippen LogP contribution in [0.1, 0.15) is 23.8 Å². The zero-order chi connectivity index (χ0) is 16.7. The molecule has 0 bridgehead atoms. The van der Waals surface area contributed by atoms with Crippen LogP contribution in [0.4, 0.5) is 19.3 Å². The Kier molecular flexibility index (Phi) is 3.63. The molecule has 0 unspecified atom stereocenters. The van der Waals surface area contributed by atoms with Gasteiger partial charge in [0.25, 0.3) is 0 Å². The van der Waals surface area contributed by atoms with Crippen LogP contribution in [0.3, 0.4) is 0 Å². The summed E-state index contributed by atoms with van der Waals surface area (Å²) in [6.45, 7) is 1.96. The van der Waals surface area contributed by atoms with Gasteiger partial charge in [-0.2, -0.15) is 4.98 Å². The molecular formula is C14H14F2N4O3. The summed E-state index contributed by atoms with van der Waals surface area (Å²) in [7, 11) is 0. The van der Waals surface area contributed by atoms with Gasteiger partial charge in [-0.25, -0.2) is 13.6 Å². The Hall–Kier alpha value is -2.71. The van der Waals surface area contributed by atoms with Crippen molar-refractivity contribution in [3.63, 3.8) is 0 Å². The Bertz CT molecular complexity index is 778. The van der Waals surface area contributed by atoms with E-state index in [1.54, 1.807) is 0 Å². The van der Waals surface area contributed by atoms with Crippen molar-refractivity contribution in [3.05, 3.63) is 29.2 Å². The predicted molar refractivity (Wildman–Crippen MR) is 75.8 cm³/mol. The number of anilines is 1. The maximum atomic E-state index is 14.2. The second-order valence-corrected chi connectivity index (χ2v) is 5.43. The van der Waals surface area contributed by atoms with Gasteiger partial charge in [0.05, 0.1) is 17.2 Å². The molecule has 0 saturated carbocycles. The molecule has 2 aromatic rings. The lowest BCUT2D eigenvalue weighted by Crippen LogP contribution is -2.26. The fraction of sp³-hybridized carbons (Fsp3) is 0.357. The predicted octanol–water partition coefficient (Wildman–Crippen LogP) is 2.37. The lowest BCUT2D eigenvalue weighted by Gasteiger charge is -2.09. The van der Waals surface area contributed by atoms with Gasteiger partial charge in [-0.3, -0.25) is 0 Å². The number of nitrogens with two attached hydrogens (primary N) is 1. The van der Waals surface area contributed by atoms with Gasteiger partial charge in [0.1, 0.15) is 5.82 Å². The molecule has 1 amide bonds. The van der Waals surface area contributed by atoms with Crippen molar-refractivity contribution >= 4 is 11.8 Å². The van der Waals surface area contributed by atoms with Crippen molar-refractivity contribution in [2.45, 2.75) is 19.3 Å². The van der Waals surface area contributed by atoms with Crippen LogP contribution in [0.25, 0.3) is 11.4 Å². The fourth-order valence-corrected chi connectivity index (χ4v) is 2.55. The summed E-state index contributed by atoms with van der Waals surface area (Å²) in [6.07, 6.45) is -0.493. The summed E-state index contributed by atoms with van der Waals surface area (Å²) < 4.78 is 33.0. The van der Waals surface area contributed by atoms with Crippen molar-refractivity contribution in [2.24, 2.45) is 0 Å². The molecule has 1 saturated heterocycles. The van der Waals surface area contributed by atoms with Crippen LogP contribution < -0.4 is 5.73 Å². The van der Waals surface area contributed by atoms with E-state index >= 15 is 0 Å². The molecule has 0 spiro atoms. The summed E-state index contributed by atoms with van der Waals surface area (Å²) in [5, 5.41) is 12.6. The highest BCUT2D eigenvalue weighted by molar-refractivity contribution is 5.66. The Labute approximate surface area is 129 Å². The number of carboxylic acid groups (broad SMARTS) is 1.